The number of piperazine rings is 1. The van der Waals surface area contributed by atoms with E-state index in [0.29, 0.717) is 24.5 Å². The number of methoxy groups -OCH3 is 2. The van der Waals surface area contributed by atoms with E-state index >= 15 is 0 Å². The number of hydrogen-bond acceptors (Lipinski definition) is 6. The number of thiazole rings is 1. The van der Waals surface area contributed by atoms with Gasteiger partial charge in [-0.15, -0.1) is 0 Å². The number of anilines is 2. The van der Waals surface area contributed by atoms with Crippen LogP contribution in [0.15, 0.2) is 42.5 Å². The van der Waals surface area contributed by atoms with Gasteiger partial charge in [0.2, 0.25) is 0 Å². The van der Waals surface area contributed by atoms with Crippen LogP contribution >= 0.6 is 11.3 Å². The van der Waals surface area contributed by atoms with Crippen LogP contribution in [0.25, 0.3) is 10.2 Å². The molecule has 2 heterocycles. The lowest BCUT2D eigenvalue weighted by Crippen LogP contribution is -2.50. The number of nitrogens with zero attached hydrogens (tertiary/aromatic N) is 3. The van der Waals surface area contributed by atoms with Crippen LogP contribution in [0, 0.1) is 0 Å². The molecule has 0 aliphatic carbocycles. The number of benzene rings is 2. The Labute approximate surface area is 167 Å². The van der Waals surface area contributed by atoms with Crippen LogP contribution in [-0.4, -0.2) is 56.3 Å². The average molecular weight is 398 g/mol. The van der Waals surface area contributed by atoms with Gasteiger partial charge in [0.1, 0.15) is 17.0 Å². The van der Waals surface area contributed by atoms with Gasteiger partial charge < -0.3 is 24.6 Å². The molecule has 0 spiro atoms. The van der Waals surface area contributed by atoms with Crippen LogP contribution in [0.1, 0.15) is 0 Å². The molecule has 1 aliphatic heterocycles. The van der Waals surface area contributed by atoms with Gasteiger partial charge in [-0.25, -0.2) is 9.78 Å². The molecule has 1 saturated heterocycles. The van der Waals surface area contributed by atoms with E-state index in [9.17, 15) is 4.79 Å². The third-order valence-electron chi connectivity index (χ3n) is 4.78. The summed E-state index contributed by atoms with van der Waals surface area (Å²) in [5, 5.41) is 3.90. The predicted molar refractivity (Wildman–Crippen MR) is 112 cm³/mol. The molecule has 3 aromatic rings. The Balaban J connectivity index is 1.41. The normalized spacial score (nSPS) is 14.2. The van der Waals surface area contributed by atoms with Crippen LogP contribution in [0.4, 0.5) is 15.6 Å². The van der Waals surface area contributed by atoms with E-state index in [-0.39, 0.29) is 6.03 Å². The molecule has 0 atom stereocenters. The summed E-state index contributed by atoms with van der Waals surface area (Å²) in [4.78, 5) is 21.4. The first-order valence-corrected chi connectivity index (χ1v) is 9.88. The number of rotatable bonds is 4. The predicted octanol–water partition coefficient (Wildman–Crippen LogP) is 3.67. The minimum Gasteiger partial charge on any atom is -0.495 e. The number of carbonyl (C=O) groups excluding carboxylic acids is 1. The van der Waals surface area contributed by atoms with Crippen molar-refractivity contribution >= 4 is 38.4 Å². The Morgan fingerprint density at radius 1 is 1.00 bits per heavy atom. The van der Waals surface area contributed by atoms with Gasteiger partial charge >= 0.3 is 6.03 Å². The van der Waals surface area contributed by atoms with Crippen molar-refractivity contribution in [2.24, 2.45) is 0 Å². The summed E-state index contributed by atoms with van der Waals surface area (Å²) in [6.45, 7) is 2.74. The summed E-state index contributed by atoms with van der Waals surface area (Å²) >= 11 is 1.65. The first kappa shape index (κ1) is 18.4. The Bertz CT molecular complexity index is 982. The van der Waals surface area contributed by atoms with Crippen molar-refractivity contribution in [3.05, 3.63) is 42.5 Å². The molecule has 8 heteroatoms. The molecule has 1 fully saturated rings. The largest absolute Gasteiger partial charge is 0.495 e. The summed E-state index contributed by atoms with van der Waals surface area (Å²) in [5.74, 6) is 1.44. The van der Waals surface area contributed by atoms with E-state index in [2.05, 4.69) is 16.3 Å². The molecule has 0 saturated carbocycles. The molecule has 0 unspecified atom stereocenters. The maximum atomic E-state index is 12.6. The Morgan fingerprint density at radius 3 is 2.46 bits per heavy atom. The quantitative estimate of drug-likeness (QED) is 0.726. The molecule has 1 N–H and O–H groups in total. The smallest absolute Gasteiger partial charge is 0.322 e. The summed E-state index contributed by atoms with van der Waals surface area (Å²) in [6, 6.07) is 13.2. The second-order valence-electron chi connectivity index (χ2n) is 6.41. The van der Waals surface area contributed by atoms with Crippen molar-refractivity contribution in [2.45, 2.75) is 0 Å². The molecule has 146 valence electrons. The lowest BCUT2D eigenvalue weighted by Gasteiger charge is -2.34. The topological polar surface area (TPSA) is 66.9 Å². The molecule has 7 nitrogen and oxygen atoms in total. The van der Waals surface area contributed by atoms with Gasteiger partial charge in [-0.3, -0.25) is 0 Å². The van der Waals surface area contributed by atoms with Gasteiger partial charge in [0.25, 0.3) is 0 Å². The fourth-order valence-electron chi connectivity index (χ4n) is 3.25. The minimum atomic E-state index is -0.116. The van der Waals surface area contributed by atoms with Crippen LogP contribution in [0.5, 0.6) is 11.5 Å². The standard InChI is InChI=1S/C20H22N4O3S/c1-26-15-7-4-3-6-14(15)21-19(25)23-10-12-24(13-11-23)20-22-18-16(27-2)8-5-9-17(18)28-20/h3-9H,10-13H2,1-2H3,(H,21,25). The van der Waals surface area contributed by atoms with Gasteiger partial charge in [-0.1, -0.05) is 29.5 Å². The molecule has 2 aromatic carbocycles. The molecule has 0 bridgehead atoms. The fraction of sp³-hybridized carbons (Fsp3) is 0.300. The number of aromatic nitrogens is 1. The molecular formula is C20H22N4O3S. The van der Waals surface area contributed by atoms with Crippen LogP contribution in [0.3, 0.4) is 0 Å². The van der Waals surface area contributed by atoms with Gasteiger partial charge in [0, 0.05) is 26.2 Å². The molecule has 4 rings (SSSR count). The van der Waals surface area contributed by atoms with E-state index in [1.165, 1.54) is 0 Å². The number of nitrogens with one attached hydrogen (secondary N) is 1. The van der Waals surface area contributed by atoms with Gasteiger partial charge in [0.15, 0.2) is 5.13 Å². The lowest BCUT2D eigenvalue weighted by atomic mass is 10.3. The highest BCUT2D eigenvalue weighted by Crippen LogP contribution is 2.34. The maximum absolute atomic E-state index is 12.6. The Morgan fingerprint density at radius 2 is 1.71 bits per heavy atom. The summed E-state index contributed by atoms with van der Waals surface area (Å²) in [6.07, 6.45) is 0. The first-order valence-electron chi connectivity index (χ1n) is 9.07. The molecular weight excluding hydrogens is 376 g/mol. The van der Waals surface area contributed by atoms with Crippen LogP contribution in [-0.2, 0) is 0 Å². The molecule has 28 heavy (non-hydrogen) atoms. The summed E-state index contributed by atoms with van der Waals surface area (Å²) in [7, 11) is 3.25. The summed E-state index contributed by atoms with van der Waals surface area (Å²) in [5.41, 5.74) is 1.57. The third kappa shape index (κ3) is 3.55. The molecule has 2 amide bonds. The number of ether oxygens (including phenoxy) is 2. The zero-order chi connectivity index (χ0) is 19.5. The third-order valence-corrected chi connectivity index (χ3v) is 5.86. The number of carbonyl (C=O) groups is 1. The number of amides is 2. The van der Waals surface area contributed by atoms with Crippen molar-refractivity contribution in [3.8, 4) is 11.5 Å². The fourth-order valence-corrected chi connectivity index (χ4v) is 4.29. The van der Waals surface area contributed by atoms with Gasteiger partial charge in [-0.05, 0) is 24.3 Å². The van der Waals surface area contributed by atoms with E-state index in [1.807, 2.05) is 41.3 Å². The van der Waals surface area contributed by atoms with Crippen LogP contribution < -0.4 is 19.7 Å². The van der Waals surface area contributed by atoms with E-state index in [0.717, 1.165) is 34.2 Å². The van der Waals surface area contributed by atoms with Crippen molar-refractivity contribution in [2.75, 3.05) is 50.6 Å². The Kier molecular flexibility index (Phi) is 5.21. The Hall–Kier alpha value is -3.00. The summed E-state index contributed by atoms with van der Waals surface area (Å²) < 4.78 is 11.8. The zero-order valence-electron chi connectivity index (χ0n) is 15.8. The lowest BCUT2D eigenvalue weighted by molar-refractivity contribution is 0.208. The molecule has 1 aliphatic rings. The van der Waals surface area contributed by atoms with E-state index < -0.39 is 0 Å². The maximum Gasteiger partial charge on any atom is 0.322 e. The molecule has 1 aromatic heterocycles. The number of hydrogen-bond donors (Lipinski definition) is 1. The monoisotopic (exact) mass is 398 g/mol. The minimum absolute atomic E-state index is 0.116. The van der Waals surface area contributed by atoms with Gasteiger partial charge in [-0.2, -0.15) is 0 Å². The van der Waals surface area contributed by atoms with Crippen LogP contribution in [0.2, 0.25) is 0 Å². The number of para-hydroxylation sites is 3. The average Bonchev–Trinajstić information content (AvgIpc) is 3.18. The second-order valence-corrected chi connectivity index (χ2v) is 7.42. The highest BCUT2D eigenvalue weighted by Gasteiger charge is 2.24. The van der Waals surface area contributed by atoms with E-state index in [4.69, 9.17) is 14.5 Å². The van der Waals surface area contributed by atoms with E-state index in [1.54, 1.807) is 25.6 Å². The second kappa shape index (κ2) is 7.93. The van der Waals surface area contributed by atoms with Crippen molar-refractivity contribution < 1.29 is 14.3 Å². The molecule has 0 radical (unpaired) electrons. The number of urea groups is 1. The van der Waals surface area contributed by atoms with Crippen molar-refractivity contribution in [1.29, 1.82) is 0 Å². The highest BCUT2D eigenvalue weighted by atomic mass is 32.1. The number of fused-ring (bicyclic) bond motifs is 1. The van der Waals surface area contributed by atoms with Crippen molar-refractivity contribution in [3.63, 3.8) is 0 Å². The van der Waals surface area contributed by atoms with Crippen molar-refractivity contribution in [1.82, 2.24) is 9.88 Å². The highest BCUT2D eigenvalue weighted by molar-refractivity contribution is 7.22. The zero-order valence-corrected chi connectivity index (χ0v) is 16.7. The first-order chi connectivity index (χ1) is 13.7. The SMILES string of the molecule is COc1ccccc1NC(=O)N1CCN(c2nc3c(OC)cccc3s2)CC1. The van der Waals surface area contributed by atoms with Gasteiger partial charge in [0.05, 0.1) is 24.6 Å².